The quantitative estimate of drug-likeness (QED) is 0.848. The van der Waals surface area contributed by atoms with Gasteiger partial charge in [-0.05, 0) is 23.1 Å². The van der Waals surface area contributed by atoms with Gasteiger partial charge in [-0.15, -0.1) is 0 Å². The lowest BCUT2D eigenvalue weighted by molar-refractivity contribution is 0.145. The van der Waals surface area contributed by atoms with Crippen molar-refractivity contribution in [3.63, 3.8) is 0 Å². The SMILES string of the molecule is CCC(O)C(C)c1ccc(-c2ccccc2)cc1. The first-order valence-corrected chi connectivity index (χ1v) is 6.55. The third-order valence-electron chi connectivity index (χ3n) is 3.54. The molecule has 2 aromatic carbocycles. The summed E-state index contributed by atoms with van der Waals surface area (Å²) in [6.45, 7) is 4.09. The monoisotopic (exact) mass is 240 g/mol. The smallest absolute Gasteiger partial charge is 0.0603 e. The fraction of sp³-hybridized carbons (Fsp3) is 0.294. The topological polar surface area (TPSA) is 20.2 Å². The van der Waals surface area contributed by atoms with E-state index >= 15 is 0 Å². The highest BCUT2D eigenvalue weighted by Crippen LogP contribution is 2.25. The molecule has 1 nitrogen and oxygen atoms in total. The molecule has 2 aromatic rings. The summed E-state index contributed by atoms with van der Waals surface area (Å²) < 4.78 is 0. The van der Waals surface area contributed by atoms with Gasteiger partial charge >= 0.3 is 0 Å². The first kappa shape index (κ1) is 12.8. The minimum atomic E-state index is -0.257. The molecular weight excluding hydrogens is 220 g/mol. The van der Waals surface area contributed by atoms with Gasteiger partial charge in [0.25, 0.3) is 0 Å². The van der Waals surface area contributed by atoms with Gasteiger partial charge in [0.1, 0.15) is 0 Å². The van der Waals surface area contributed by atoms with Gasteiger partial charge in [0.2, 0.25) is 0 Å². The molecule has 0 saturated heterocycles. The van der Waals surface area contributed by atoms with Crippen LogP contribution in [0, 0.1) is 0 Å². The molecule has 0 radical (unpaired) electrons. The van der Waals surface area contributed by atoms with E-state index in [9.17, 15) is 5.11 Å². The Kier molecular flexibility index (Phi) is 4.16. The number of aliphatic hydroxyl groups is 1. The third-order valence-corrected chi connectivity index (χ3v) is 3.54. The molecule has 0 bridgehead atoms. The van der Waals surface area contributed by atoms with E-state index < -0.39 is 0 Å². The van der Waals surface area contributed by atoms with Crippen LogP contribution in [0.4, 0.5) is 0 Å². The van der Waals surface area contributed by atoms with Crippen LogP contribution in [0.2, 0.25) is 0 Å². The molecule has 2 unspecified atom stereocenters. The van der Waals surface area contributed by atoms with Crippen molar-refractivity contribution in [1.82, 2.24) is 0 Å². The maximum Gasteiger partial charge on any atom is 0.0603 e. The molecule has 0 heterocycles. The highest BCUT2D eigenvalue weighted by Gasteiger charge is 2.13. The van der Waals surface area contributed by atoms with Crippen LogP contribution in [0.5, 0.6) is 0 Å². The Balaban J connectivity index is 2.20. The molecule has 0 amide bonds. The van der Waals surface area contributed by atoms with Crippen molar-refractivity contribution in [1.29, 1.82) is 0 Å². The third kappa shape index (κ3) is 2.80. The highest BCUT2D eigenvalue weighted by atomic mass is 16.3. The van der Waals surface area contributed by atoms with Gasteiger partial charge in [-0.2, -0.15) is 0 Å². The van der Waals surface area contributed by atoms with Crippen molar-refractivity contribution in [2.45, 2.75) is 32.3 Å². The number of hydrogen-bond acceptors (Lipinski definition) is 1. The van der Waals surface area contributed by atoms with Gasteiger partial charge in [0.15, 0.2) is 0 Å². The molecule has 0 aliphatic rings. The molecule has 0 fully saturated rings. The predicted molar refractivity (Wildman–Crippen MR) is 76.6 cm³/mol. The first-order valence-electron chi connectivity index (χ1n) is 6.55. The van der Waals surface area contributed by atoms with Gasteiger partial charge in [0.05, 0.1) is 6.10 Å². The van der Waals surface area contributed by atoms with Crippen molar-refractivity contribution < 1.29 is 5.11 Å². The minimum absolute atomic E-state index is 0.194. The van der Waals surface area contributed by atoms with Crippen molar-refractivity contribution in [2.75, 3.05) is 0 Å². The van der Waals surface area contributed by atoms with E-state index in [1.165, 1.54) is 16.7 Å². The Labute approximate surface area is 109 Å². The summed E-state index contributed by atoms with van der Waals surface area (Å²) in [6, 6.07) is 18.8. The molecule has 2 atom stereocenters. The summed E-state index contributed by atoms with van der Waals surface area (Å²) >= 11 is 0. The molecule has 2 rings (SSSR count). The van der Waals surface area contributed by atoms with Gasteiger partial charge in [-0.1, -0.05) is 68.4 Å². The highest BCUT2D eigenvalue weighted by molar-refractivity contribution is 5.63. The maximum atomic E-state index is 9.87. The lowest BCUT2D eigenvalue weighted by Crippen LogP contribution is -2.14. The van der Waals surface area contributed by atoms with E-state index in [0.717, 1.165) is 6.42 Å². The Hall–Kier alpha value is -1.60. The molecule has 0 aliphatic heterocycles. The van der Waals surface area contributed by atoms with Gasteiger partial charge in [-0.25, -0.2) is 0 Å². The molecule has 0 saturated carbocycles. The van der Waals surface area contributed by atoms with Crippen molar-refractivity contribution in [3.05, 3.63) is 60.2 Å². The fourth-order valence-electron chi connectivity index (χ4n) is 2.19. The van der Waals surface area contributed by atoms with E-state index in [1.807, 2.05) is 25.1 Å². The normalized spacial score (nSPS) is 14.2. The van der Waals surface area contributed by atoms with E-state index in [1.54, 1.807) is 0 Å². The van der Waals surface area contributed by atoms with Crippen LogP contribution >= 0.6 is 0 Å². The fourth-order valence-corrected chi connectivity index (χ4v) is 2.19. The maximum absolute atomic E-state index is 9.87. The zero-order chi connectivity index (χ0) is 13.0. The molecule has 18 heavy (non-hydrogen) atoms. The second kappa shape index (κ2) is 5.83. The number of benzene rings is 2. The lowest BCUT2D eigenvalue weighted by Gasteiger charge is -2.17. The number of aliphatic hydroxyl groups excluding tert-OH is 1. The second-order valence-corrected chi connectivity index (χ2v) is 4.75. The molecule has 1 heteroatoms. The number of hydrogen-bond donors (Lipinski definition) is 1. The van der Waals surface area contributed by atoms with Crippen molar-refractivity contribution in [3.8, 4) is 11.1 Å². The van der Waals surface area contributed by atoms with Crippen LogP contribution in [-0.4, -0.2) is 11.2 Å². The molecule has 1 N–H and O–H groups in total. The average molecular weight is 240 g/mol. The molecular formula is C17H20O. The summed E-state index contributed by atoms with van der Waals surface area (Å²) in [5.41, 5.74) is 3.65. The predicted octanol–water partition coefficient (Wildman–Crippen LogP) is 4.23. The van der Waals surface area contributed by atoms with Crippen LogP contribution in [0.3, 0.4) is 0 Å². The van der Waals surface area contributed by atoms with Crippen LogP contribution in [0.1, 0.15) is 31.7 Å². The van der Waals surface area contributed by atoms with Crippen LogP contribution in [0.15, 0.2) is 54.6 Å². The molecule has 0 aromatic heterocycles. The zero-order valence-corrected chi connectivity index (χ0v) is 11.0. The van der Waals surface area contributed by atoms with Gasteiger partial charge < -0.3 is 5.11 Å². The summed E-state index contributed by atoms with van der Waals surface area (Å²) in [7, 11) is 0. The Morgan fingerprint density at radius 2 is 1.44 bits per heavy atom. The summed E-state index contributed by atoms with van der Waals surface area (Å²) in [5, 5.41) is 9.87. The second-order valence-electron chi connectivity index (χ2n) is 4.75. The lowest BCUT2D eigenvalue weighted by atomic mass is 9.92. The Morgan fingerprint density at radius 3 is 2.00 bits per heavy atom. The van der Waals surface area contributed by atoms with Crippen molar-refractivity contribution in [2.24, 2.45) is 0 Å². The molecule has 0 aliphatic carbocycles. The van der Waals surface area contributed by atoms with E-state index in [-0.39, 0.29) is 12.0 Å². The Bertz CT molecular complexity index is 473. The number of rotatable bonds is 4. The largest absolute Gasteiger partial charge is 0.393 e. The van der Waals surface area contributed by atoms with Crippen molar-refractivity contribution >= 4 is 0 Å². The molecule has 0 spiro atoms. The van der Waals surface area contributed by atoms with Crippen LogP contribution < -0.4 is 0 Å². The van der Waals surface area contributed by atoms with E-state index in [4.69, 9.17) is 0 Å². The summed E-state index contributed by atoms with van der Waals surface area (Å²) in [4.78, 5) is 0. The minimum Gasteiger partial charge on any atom is -0.393 e. The molecule has 94 valence electrons. The zero-order valence-electron chi connectivity index (χ0n) is 11.0. The van der Waals surface area contributed by atoms with E-state index in [0.29, 0.717) is 0 Å². The van der Waals surface area contributed by atoms with Gasteiger partial charge in [0, 0.05) is 5.92 Å². The summed E-state index contributed by atoms with van der Waals surface area (Å²) in [6.07, 6.45) is 0.536. The average Bonchev–Trinajstić information content (AvgIpc) is 2.47. The summed E-state index contributed by atoms with van der Waals surface area (Å²) in [5.74, 6) is 0.194. The first-order chi connectivity index (χ1) is 8.72. The van der Waals surface area contributed by atoms with Gasteiger partial charge in [-0.3, -0.25) is 0 Å². The Morgan fingerprint density at radius 1 is 0.889 bits per heavy atom. The van der Waals surface area contributed by atoms with E-state index in [2.05, 4.69) is 43.3 Å². The van der Waals surface area contributed by atoms with Crippen LogP contribution in [-0.2, 0) is 0 Å². The van der Waals surface area contributed by atoms with Crippen LogP contribution in [0.25, 0.3) is 11.1 Å². The standard InChI is InChI=1S/C17H20O/c1-3-17(18)13(2)14-9-11-16(12-10-14)15-7-5-4-6-8-15/h4-13,17-18H,3H2,1-2H3.